The molecule has 0 spiro atoms. The largest absolute Gasteiger partial charge is 0.497 e. The maximum Gasteiger partial charge on any atom is 0.263 e. The van der Waals surface area contributed by atoms with Crippen LogP contribution < -0.4 is 38.1 Å². The summed E-state index contributed by atoms with van der Waals surface area (Å²) in [5, 5.41) is 42.4. The molecule has 11 aromatic heterocycles. The van der Waals surface area contributed by atoms with E-state index in [-0.39, 0.29) is 25.7 Å². The Kier molecular flexibility index (Phi) is 17.4. The van der Waals surface area contributed by atoms with Crippen molar-refractivity contribution in [3.05, 3.63) is 197 Å². The van der Waals surface area contributed by atoms with Crippen LogP contribution in [0.4, 0.5) is 5.69 Å². The van der Waals surface area contributed by atoms with Crippen molar-refractivity contribution in [3.8, 4) is 72.6 Å². The van der Waals surface area contributed by atoms with E-state index >= 15 is 0 Å². The van der Waals surface area contributed by atoms with Gasteiger partial charge in [-0.2, -0.15) is 28.8 Å². The molecule has 17 rings (SSSR count). The minimum absolute atomic E-state index is 0.0976. The molecule has 25 nitrogen and oxygen atoms in total. The summed E-state index contributed by atoms with van der Waals surface area (Å²) in [5.41, 5.74) is 8.84. The van der Waals surface area contributed by atoms with Crippen molar-refractivity contribution < 1.29 is 38.0 Å². The van der Waals surface area contributed by atoms with E-state index in [1.54, 1.807) is 64.8 Å². The number of hydrogen-bond acceptors (Lipinski definition) is 23. The number of anilines is 1. The number of fused-ring (bicyclic) bond motifs is 7. The number of nitrogens with zero attached hydrogens (tertiary/aromatic N) is 17. The predicted molar refractivity (Wildman–Crippen MR) is 371 cm³/mol. The third kappa shape index (κ3) is 12.9. The fourth-order valence-electron chi connectivity index (χ4n) is 11.4. The SMILES string of the molecule is COc1ccc2c(OCc3nnc4ccc(-c5ccc(C(=O)N6CCCC6)s5)nn34)ccnc2c1.COc1ccc2c(OCc3nnc4ccc(-c5ccc(C)s5)nn34)ccnc2c1.COc1ccc2c(OCc3nnc4ccc(-c5ccc6c(c5)OCCN6C)nn34)ccnc2c1. The summed E-state index contributed by atoms with van der Waals surface area (Å²) >= 11 is 3.16. The first-order valence-electron chi connectivity index (χ1n) is 31.4. The number of hydrogen-bond donors (Lipinski definition) is 0. The van der Waals surface area contributed by atoms with Crippen molar-refractivity contribution in [3.63, 3.8) is 0 Å². The standard InChI is InChI=1S/C25H22N6O3S.C25H22N6O3.C21H17N5O2S/c1-33-16-4-5-17-19(14-16)26-11-10-20(17)34-15-24-28-27-23-9-6-18(29-31(23)24)21-7-8-22(35-21)25(32)30-12-2-3-13-30;1-30-11-12-33-23-13-16(3-7-21(23)30)19-6-8-24-27-28-25(31(24)29-19)15-34-22-9-10-26-20-14-17(32-2)4-5-18(20)22;1-13-3-7-19(29-13)16-6-8-20-23-24-21(26(20)25-16)12-28-18-9-10-22-17-11-14(27-2)4-5-15(17)18/h4-11,14H,2-3,12-13,15H2,1H3;3-10,13-14H,11-12,15H2,1-2H3;3-11H,12H2,1-2H3. The molecule has 1 saturated heterocycles. The second-order valence-electron chi connectivity index (χ2n) is 22.8. The molecule has 4 aromatic carbocycles. The lowest BCUT2D eigenvalue weighted by Gasteiger charge is -2.27. The highest BCUT2D eigenvalue weighted by molar-refractivity contribution is 7.17. The van der Waals surface area contributed by atoms with Gasteiger partial charge in [-0.05, 0) is 147 Å². The molecule has 0 bridgehead atoms. The second-order valence-corrected chi connectivity index (χ2v) is 25.2. The summed E-state index contributed by atoms with van der Waals surface area (Å²) < 4.78 is 45.1. The minimum atomic E-state index is 0.0976. The molecule has 2 aliphatic rings. The van der Waals surface area contributed by atoms with Crippen LogP contribution >= 0.6 is 22.7 Å². The highest BCUT2D eigenvalue weighted by atomic mass is 32.1. The van der Waals surface area contributed by atoms with Crippen LogP contribution in [0, 0.1) is 6.92 Å². The third-order valence-electron chi connectivity index (χ3n) is 16.6. The van der Waals surface area contributed by atoms with Crippen molar-refractivity contribution in [1.29, 1.82) is 0 Å². The number of ether oxygens (including phenoxy) is 7. The Bertz CT molecular complexity index is 5440. The van der Waals surface area contributed by atoms with Gasteiger partial charge in [0, 0.05) is 83.5 Å². The molecule has 0 saturated carbocycles. The number of amides is 1. The van der Waals surface area contributed by atoms with Crippen molar-refractivity contribution in [2.24, 2.45) is 0 Å². The molecule has 27 heteroatoms. The van der Waals surface area contributed by atoms with Gasteiger partial charge in [-0.1, -0.05) is 6.07 Å². The molecule has 15 aromatic rings. The normalized spacial score (nSPS) is 12.7. The topological polar surface area (TPSA) is 256 Å². The molecule has 0 radical (unpaired) electrons. The van der Waals surface area contributed by atoms with E-state index in [2.05, 4.69) is 88.7 Å². The number of likely N-dealkylation sites (tertiary alicyclic amines) is 1. The number of likely N-dealkylation sites (N-methyl/N-ethyl adjacent to an activating group) is 1. The number of rotatable bonds is 16. The molecular weight excluding hydrogens is 1280 g/mol. The maximum atomic E-state index is 12.7. The number of benzene rings is 4. The fraction of sp³-hybridized carbons (Fsp3) is 0.197. The van der Waals surface area contributed by atoms with Gasteiger partial charge >= 0.3 is 0 Å². The lowest BCUT2D eigenvalue weighted by Crippen LogP contribution is -2.28. The van der Waals surface area contributed by atoms with Gasteiger partial charge < -0.3 is 43.0 Å². The zero-order chi connectivity index (χ0) is 66.6. The summed E-state index contributed by atoms with van der Waals surface area (Å²) in [7, 11) is 6.96. The Morgan fingerprint density at radius 2 is 0.939 bits per heavy atom. The van der Waals surface area contributed by atoms with Gasteiger partial charge in [0.05, 0.1) is 70.4 Å². The third-order valence-corrected chi connectivity index (χ3v) is 18.7. The highest BCUT2D eigenvalue weighted by Crippen LogP contribution is 2.36. The molecule has 1 amide bonds. The van der Waals surface area contributed by atoms with Gasteiger partial charge in [0.1, 0.15) is 78.1 Å². The first-order chi connectivity index (χ1) is 48.1. The first kappa shape index (κ1) is 62.2. The highest BCUT2D eigenvalue weighted by Gasteiger charge is 2.23. The molecule has 1 fully saturated rings. The van der Waals surface area contributed by atoms with Crippen LogP contribution in [-0.4, -0.2) is 140 Å². The molecular formula is C71H61N17O8S2. The molecule has 98 heavy (non-hydrogen) atoms. The van der Waals surface area contributed by atoms with Crippen LogP contribution in [0.25, 0.3) is 82.0 Å². The van der Waals surface area contributed by atoms with Crippen LogP contribution in [0.1, 0.15) is 44.9 Å². The summed E-state index contributed by atoms with van der Waals surface area (Å²) in [5.74, 6) is 7.12. The van der Waals surface area contributed by atoms with Crippen LogP contribution in [-0.2, 0) is 19.8 Å². The summed E-state index contributed by atoms with van der Waals surface area (Å²) in [6.45, 7) is 5.93. The van der Waals surface area contributed by atoms with Crippen LogP contribution in [0.3, 0.4) is 0 Å². The quantitative estimate of drug-likeness (QED) is 0.0871. The van der Waals surface area contributed by atoms with Gasteiger partial charge in [-0.15, -0.1) is 53.3 Å². The maximum absolute atomic E-state index is 12.7. The second kappa shape index (κ2) is 27.4. The molecule has 490 valence electrons. The van der Waals surface area contributed by atoms with E-state index in [0.717, 1.165) is 137 Å². The van der Waals surface area contributed by atoms with Gasteiger partial charge in [0.25, 0.3) is 5.91 Å². The van der Waals surface area contributed by atoms with Crippen molar-refractivity contribution in [1.82, 2.24) is 79.3 Å². The average molecular weight is 1340 g/mol. The number of carbonyl (C=O) groups is 1. The summed E-state index contributed by atoms with van der Waals surface area (Å²) in [6, 6.07) is 48.2. The number of thiophene rings is 2. The van der Waals surface area contributed by atoms with E-state index in [4.69, 9.17) is 48.5 Å². The van der Waals surface area contributed by atoms with Gasteiger partial charge in [-0.25, -0.2) is 0 Å². The van der Waals surface area contributed by atoms with Crippen molar-refractivity contribution >= 4 is 83.9 Å². The zero-order valence-electron chi connectivity index (χ0n) is 53.7. The van der Waals surface area contributed by atoms with E-state index < -0.39 is 0 Å². The molecule has 13 heterocycles. The predicted octanol–water partition coefficient (Wildman–Crippen LogP) is 12.3. The van der Waals surface area contributed by atoms with Crippen LogP contribution in [0.15, 0.2) is 170 Å². The number of aryl methyl sites for hydroxylation is 1. The lowest BCUT2D eigenvalue weighted by atomic mass is 10.1. The minimum Gasteiger partial charge on any atom is -0.497 e. The lowest BCUT2D eigenvalue weighted by molar-refractivity contribution is 0.0797. The van der Waals surface area contributed by atoms with Crippen LogP contribution in [0.2, 0.25) is 0 Å². The Morgan fingerprint density at radius 1 is 0.480 bits per heavy atom. The molecule has 0 atom stereocenters. The van der Waals surface area contributed by atoms with E-state index in [9.17, 15) is 4.79 Å². The number of methoxy groups -OCH3 is 3. The molecule has 0 N–H and O–H groups in total. The first-order valence-corrected chi connectivity index (χ1v) is 33.0. The summed E-state index contributed by atoms with van der Waals surface area (Å²) in [6.07, 6.45) is 7.28. The molecule has 0 aliphatic carbocycles. The van der Waals surface area contributed by atoms with Gasteiger partial charge in [0.2, 0.25) is 0 Å². The summed E-state index contributed by atoms with van der Waals surface area (Å²) in [4.78, 5) is 34.0. The smallest absolute Gasteiger partial charge is 0.263 e. The Labute approximate surface area is 567 Å². The zero-order valence-corrected chi connectivity index (χ0v) is 55.3. The Hall–Kier alpha value is -12.0. The molecule has 0 unspecified atom stereocenters. The van der Waals surface area contributed by atoms with Crippen LogP contribution in [0.5, 0.6) is 40.2 Å². The van der Waals surface area contributed by atoms with E-state index in [0.29, 0.717) is 52.5 Å². The molecule has 2 aliphatic heterocycles. The fourth-order valence-corrected chi connectivity index (χ4v) is 13.2. The average Bonchev–Trinajstić information content (AvgIpc) is 1.71. The van der Waals surface area contributed by atoms with Crippen molar-refractivity contribution in [2.75, 3.05) is 59.5 Å². The van der Waals surface area contributed by atoms with Gasteiger partial charge in [0.15, 0.2) is 34.4 Å². The van der Waals surface area contributed by atoms with Crippen molar-refractivity contribution in [2.45, 2.75) is 39.6 Å². The Balaban J connectivity index is 0.000000121. The number of pyridine rings is 3. The number of aromatic nitrogens is 15. The van der Waals surface area contributed by atoms with Gasteiger partial charge in [-0.3, -0.25) is 19.7 Å². The van der Waals surface area contributed by atoms with E-state index in [1.807, 2.05) is 132 Å². The number of carbonyl (C=O) groups excluding carboxylic acids is 1. The monoisotopic (exact) mass is 1340 g/mol. The van der Waals surface area contributed by atoms with E-state index in [1.165, 1.54) is 16.2 Å². The Morgan fingerprint density at radius 3 is 1.41 bits per heavy atom.